The first-order valence-corrected chi connectivity index (χ1v) is 11.1. The lowest BCUT2D eigenvalue weighted by atomic mass is 10.0. The summed E-state index contributed by atoms with van der Waals surface area (Å²) in [5.74, 6) is -1.55. The third-order valence-corrected chi connectivity index (χ3v) is 6.83. The second kappa shape index (κ2) is 8.09. The molecule has 172 valence electrons. The molecule has 0 bridgehead atoms. The number of thiophene rings is 1. The Labute approximate surface area is 201 Å². The number of aromatic nitrogens is 5. The first-order valence-electron chi connectivity index (χ1n) is 9.22. The highest BCUT2D eigenvalue weighted by atomic mass is 127. The van der Waals surface area contributed by atoms with Gasteiger partial charge in [-0.15, -0.1) is 11.3 Å². The van der Waals surface area contributed by atoms with Crippen molar-refractivity contribution < 1.29 is 22.8 Å². The van der Waals surface area contributed by atoms with E-state index < -0.39 is 23.7 Å². The second-order valence-electron chi connectivity index (χ2n) is 7.12. The van der Waals surface area contributed by atoms with Crippen LogP contribution in [-0.2, 0) is 20.3 Å². The molecule has 3 N–H and O–H groups in total. The molecular formula is C19H15F3IN7O2S. The average Bonchev–Trinajstić information content (AvgIpc) is 3.36. The van der Waals surface area contributed by atoms with E-state index in [2.05, 4.69) is 20.5 Å². The number of pyridine rings is 1. The quantitative estimate of drug-likeness (QED) is 0.352. The van der Waals surface area contributed by atoms with Gasteiger partial charge in [0.1, 0.15) is 15.4 Å². The maximum Gasteiger partial charge on any atom is 0.433 e. The lowest BCUT2D eigenvalue weighted by Gasteiger charge is -2.12. The SMILES string of the molecule is Cc1c(-c2cc(C(F)(F)F)nc3sc(C(N)=O)c(NC(=O)c4nn(C)cc4I)c23)cnn1C. The molecule has 0 saturated heterocycles. The number of carbonyl (C=O) groups is 2. The van der Waals surface area contributed by atoms with Gasteiger partial charge in [0.25, 0.3) is 11.8 Å². The minimum absolute atomic E-state index is 0.0200. The fraction of sp³-hybridized carbons (Fsp3) is 0.211. The number of nitrogens with two attached hydrogens (primary N) is 1. The summed E-state index contributed by atoms with van der Waals surface area (Å²) in [5.41, 5.74) is 5.54. The summed E-state index contributed by atoms with van der Waals surface area (Å²) in [5, 5.41) is 11.0. The zero-order valence-corrected chi connectivity index (χ0v) is 20.3. The number of anilines is 1. The topological polar surface area (TPSA) is 121 Å². The molecule has 4 aromatic heterocycles. The number of nitrogens with one attached hydrogen (secondary N) is 1. The van der Waals surface area contributed by atoms with Crippen molar-refractivity contribution in [1.82, 2.24) is 24.5 Å². The maximum absolute atomic E-state index is 13.6. The predicted octanol–water partition coefficient (Wildman–Crippen LogP) is 3.71. The minimum atomic E-state index is -4.73. The molecular weight excluding hydrogens is 574 g/mol. The summed E-state index contributed by atoms with van der Waals surface area (Å²) in [7, 11) is 3.29. The van der Waals surface area contributed by atoms with Crippen LogP contribution in [0.25, 0.3) is 21.3 Å². The highest BCUT2D eigenvalue weighted by Gasteiger charge is 2.35. The van der Waals surface area contributed by atoms with Crippen LogP contribution in [0.15, 0.2) is 18.5 Å². The van der Waals surface area contributed by atoms with E-state index in [1.54, 1.807) is 27.2 Å². The van der Waals surface area contributed by atoms with Crippen LogP contribution in [0.2, 0.25) is 0 Å². The summed E-state index contributed by atoms with van der Waals surface area (Å²) >= 11 is 2.61. The monoisotopic (exact) mass is 589 g/mol. The molecule has 0 unspecified atom stereocenters. The summed E-state index contributed by atoms with van der Waals surface area (Å²) < 4.78 is 44.3. The zero-order valence-electron chi connectivity index (χ0n) is 17.3. The normalized spacial score (nSPS) is 11.8. The van der Waals surface area contributed by atoms with Gasteiger partial charge in [-0.1, -0.05) is 0 Å². The Morgan fingerprint density at radius 1 is 1.24 bits per heavy atom. The summed E-state index contributed by atoms with van der Waals surface area (Å²) in [6.07, 6.45) is -1.69. The van der Waals surface area contributed by atoms with Gasteiger partial charge < -0.3 is 11.1 Å². The van der Waals surface area contributed by atoms with Crippen LogP contribution in [0, 0.1) is 10.5 Å². The number of rotatable bonds is 4. The molecule has 0 aromatic carbocycles. The first-order chi connectivity index (χ1) is 15.4. The Morgan fingerprint density at radius 3 is 2.45 bits per heavy atom. The number of halogens is 4. The molecule has 0 saturated carbocycles. The Bertz CT molecular complexity index is 1440. The standard InChI is InChI=1S/C19H15F3IN7O2S/c1-7-9(5-25-30(7)3)8-4-11(19(20,21)22)26-18-12(8)14(15(33-18)16(24)31)27-17(32)13-10(23)6-29(2)28-13/h4-6H,1-3H3,(H2,24,31)(H,27,32). The van der Waals surface area contributed by atoms with E-state index in [0.29, 0.717) is 26.2 Å². The number of carbonyl (C=O) groups excluding carboxylic acids is 2. The third-order valence-electron chi connectivity index (χ3n) is 4.94. The van der Waals surface area contributed by atoms with Gasteiger partial charge in [0.15, 0.2) is 5.69 Å². The van der Waals surface area contributed by atoms with Crippen LogP contribution in [0.1, 0.15) is 31.5 Å². The predicted molar refractivity (Wildman–Crippen MR) is 124 cm³/mol. The molecule has 2 amide bonds. The van der Waals surface area contributed by atoms with Gasteiger partial charge in [0.05, 0.1) is 15.5 Å². The molecule has 33 heavy (non-hydrogen) atoms. The molecule has 0 radical (unpaired) electrons. The van der Waals surface area contributed by atoms with Crippen molar-refractivity contribution in [3.05, 3.63) is 44.0 Å². The van der Waals surface area contributed by atoms with Crippen molar-refractivity contribution in [2.24, 2.45) is 19.8 Å². The number of alkyl halides is 3. The Hall–Kier alpha value is -3.01. The van der Waals surface area contributed by atoms with E-state index in [9.17, 15) is 22.8 Å². The van der Waals surface area contributed by atoms with Gasteiger partial charge in [-0.25, -0.2) is 4.98 Å². The summed E-state index contributed by atoms with van der Waals surface area (Å²) in [4.78, 5) is 28.6. The van der Waals surface area contributed by atoms with Crippen LogP contribution in [0.3, 0.4) is 0 Å². The molecule has 4 rings (SSSR count). The second-order valence-corrected chi connectivity index (χ2v) is 9.29. The molecule has 4 heterocycles. The van der Waals surface area contributed by atoms with Crippen LogP contribution < -0.4 is 11.1 Å². The number of primary amides is 1. The van der Waals surface area contributed by atoms with Gasteiger partial charge in [0, 0.05) is 36.9 Å². The van der Waals surface area contributed by atoms with Crippen molar-refractivity contribution in [2.45, 2.75) is 13.1 Å². The molecule has 0 atom stereocenters. The number of fused-ring (bicyclic) bond motifs is 1. The van der Waals surface area contributed by atoms with Gasteiger partial charge in [-0.2, -0.15) is 23.4 Å². The van der Waals surface area contributed by atoms with Gasteiger partial charge in [0.2, 0.25) is 0 Å². The number of nitrogens with zero attached hydrogens (tertiary/aromatic N) is 5. The van der Waals surface area contributed by atoms with E-state index in [4.69, 9.17) is 5.73 Å². The highest BCUT2D eigenvalue weighted by molar-refractivity contribution is 14.1. The van der Waals surface area contributed by atoms with Crippen molar-refractivity contribution >= 4 is 61.6 Å². The van der Waals surface area contributed by atoms with Crippen LogP contribution >= 0.6 is 33.9 Å². The molecule has 0 fully saturated rings. The Morgan fingerprint density at radius 2 is 1.94 bits per heavy atom. The molecule has 14 heteroatoms. The Kier molecular flexibility index (Phi) is 5.68. The number of hydrogen-bond donors (Lipinski definition) is 2. The highest BCUT2D eigenvalue weighted by Crippen LogP contribution is 2.44. The lowest BCUT2D eigenvalue weighted by Crippen LogP contribution is -2.18. The maximum atomic E-state index is 13.6. The van der Waals surface area contributed by atoms with E-state index >= 15 is 0 Å². The zero-order chi connectivity index (χ0) is 24.2. The van der Waals surface area contributed by atoms with E-state index in [-0.39, 0.29) is 32.0 Å². The van der Waals surface area contributed by atoms with Gasteiger partial charge >= 0.3 is 6.18 Å². The summed E-state index contributed by atoms with van der Waals surface area (Å²) in [6.45, 7) is 1.69. The molecule has 4 aromatic rings. The third kappa shape index (κ3) is 4.07. The Balaban J connectivity index is 2.02. The van der Waals surface area contributed by atoms with Gasteiger partial charge in [-0.3, -0.25) is 19.0 Å². The molecule has 0 aliphatic rings. The van der Waals surface area contributed by atoms with Crippen molar-refractivity contribution in [3.8, 4) is 11.1 Å². The summed E-state index contributed by atoms with van der Waals surface area (Å²) in [6, 6.07) is 0.879. The molecule has 0 spiro atoms. The minimum Gasteiger partial charge on any atom is -0.365 e. The van der Waals surface area contributed by atoms with E-state index in [1.165, 1.54) is 15.6 Å². The largest absolute Gasteiger partial charge is 0.433 e. The van der Waals surface area contributed by atoms with E-state index in [0.717, 1.165) is 6.07 Å². The fourth-order valence-electron chi connectivity index (χ4n) is 3.30. The van der Waals surface area contributed by atoms with Crippen molar-refractivity contribution in [2.75, 3.05) is 5.32 Å². The number of hydrogen-bond acceptors (Lipinski definition) is 6. The molecule has 0 aliphatic heterocycles. The lowest BCUT2D eigenvalue weighted by molar-refractivity contribution is -0.140. The van der Waals surface area contributed by atoms with Gasteiger partial charge in [-0.05, 0) is 41.1 Å². The number of aryl methyl sites for hydroxylation is 2. The van der Waals surface area contributed by atoms with Crippen LogP contribution in [-0.4, -0.2) is 36.4 Å². The molecule has 9 nitrogen and oxygen atoms in total. The first kappa shape index (κ1) is 23.2. The smallest absolute Gasteiger partial charge is 0.365 e. The molecule has 0 aliphatic carbocycles. The van der Waals surface area contributed by atoms with Crippen LogP contribution in [0.4, 0.5) is 18.9 Å². The van der Waals surface area contributed by atoms with Crippen molar-refractivity contribution in [1.29, 1.82) is 0 Å². The average molecular weight is 589 g/mol. The number of amides is 2. The van der Waals surface area contributed by atoms with Crippen LogP contribution in [0.5, 0.6) is 0 Å². The fourth-order valence-corrected chi connectivity index (χ4v) is 5.06. The van der Waals surface area contributed by atoms with Crippen molar-refractivity contribution in [3.63, 3.8) is 0 Å². The van der Waals surface area contributed by atoms with E-state index in [1.807, 2.05) is 22.6 Å².